The van der Waals surface area contributed by atoms with Crippen molar-refractivity contribution in [3.8, 4) is 44.5 Å². The molecule has 2 aliphatic rings. The van der Waals surface area contributed by atoms with E-state index in [4.69, 9.17) is 4.42 Å². The van der Waals surface area contributed by atoms with Crippen molar-refractivity contribution in [2.75, 3.05) is 4.90 Å². The molecule has 2 nitrogen and oxygen atoms in total. The maximum Gasteiger partial charge on any atom is 0.136 e. The van der Waals surface area contributed by atoms with Crippen LogP contribution in [0.1, 0.15) is 47.2 Å². The molecule has 312 valence electrons. The summed E-state index contributed by atoms with van der Waals surface area (Å²) < 4.78 is 6.26. The van der Waals surface area contributed by atoms with E-state index >= 15 is 0 Å². The molecular formula is C64H45NO. The second-order valence-electron chi connectivity index (χ2n) is 18.4. The number of rotatable bonds is 6. The van der Waals surface area contributed by atoms with E-state index in [2.05, 4.69) is 243 Å². The third-order valence-electron chi connectivity index (χ3n) is 14.6. The Balaban J connectivity index is 0.891. The maximum atomic E-state index is 6.26. The highest BCUT2D eigenvalue weighted by Gasteiger charge is 2.53. The van der Waals surface area contributed by atoms with Crippen molar-refractivity contribution in [3.63, 3.8) is 0 Å². The van der Waals surface area contributed by atoms with Gasteiger partial charge >= 0.3 is 0 Å². The van der Waals surface area contributed by atoms with Crippen LogP contribution >= 0.6 is 0 Å². The van der Waals surface area contributed by atoms with Crippen LogP contribution in [0.4, 0.5) is 17.1 Å². The Kier molecular flexibility index (Phi) is 8.51. The predicted molar refractivity (Wildman–Crippen MR) is 274 cm³/mol. The fourth-order valence-corrected chi connectivity index (χ4v) is 11.4. The van der Waals surface area contributed by atoms with Crippen molar-refractivity contribution in [1.82, 2.24) is 0 Å². The van der Waals surface area contributed by atoms with Crippen LogP contribution in [0.25, 0.3) is 66.4 Å². The first-order valence-corrected chi connectivity index (χ1v) is 23.0. The van der Waals surface area contributed by atoms with Crippen LogP contribution < -0.4 is 4.90 Å². The summed E-state index contributed by atoms with van der Waals surface area (Å²) in [6.45, 7) is 4.76. The van der Waals surface area contributed by atoms with Gasteiger partial charge in [0, 0.05) is 33.2 Å². The Hall–Kier alpha value is -8.20. The highest BCUT2D eigenvalue weighted by atomic mass is 16.3. The molecule has 0 N–H and O–H groups in total. The molecule has 0 radical (unpaired) electrons. The van der Waals surface area contributed by atoms with Gasteiger partial charge in [-0.2, -0.15) is 0 Å². The van der Waals surface area contributed by atoms with E-state index in [1.165, 1.54) is 66.8 Å². The van der Waals surface area contributed by atoms with Gasteiger partial charge in [-0.15, -0.1) is 0 Å². The highest BCUT2D eigenvalue weighted by molar-refractivity contribution is 6.06. The lowest BCUT2D eigenvalue weighted by molar-refractivity contribution is 0.563. The molecule has 66 heavy (non-hydrogen) atoms. The normalized spacial score (nSPS) is 13.8. The van der Waals surface area contributed by atoms with Crippen molar-refractivity contribution in [2.45, 2.75) is 24.7 Å². The Labute approximate surface area is 385 Å². The number of hydrogen-bond donors (Lipinski definition) is 0. The fraction of sp³-hybridized carbons (Fsp3) is 0.0625. The van der Waals surface area contributed by atoms with Crippen LogP contribution in [0.2, 0.25) is 0 Å². The predicted octanol–water partition coefficient (Wildman–Crippen LogP) is 17.1. The van der Waals surface area contributed by atoms with Crippen LogP contribution in [-0.2, 0) is 10.8 Å². The minimum Gasteiger partial charge on any atom is -0.456 e. The average Bonchev–Trinajstić information content (AvgIpc) is 3.90. The molecule has 0 saturated heterocycles. The molecule has 2 heteroatoms. The lowest BCUT2D eigenvalue weighted by atomic mass is 9.55. The lowest BCUT2D eigenvalue weighted by Crippen LogP contribution is -2.40. The van der Waals surface area contributed by atoms with Gasteiger partial charge in [0.2, 0.25) is 0 Å². The minimum atomic E-state index is -0.399. The van der Waals surface area contributed by atoms with Crippen molar-refractivity contribution in [3.05, 3.63) is 270 Å². The molecular weight excluding hydrogens is 799 g/mol. The van der Waals surface area contributed by atoms with Crippen LogP contribution in [0.15, 0.2) is 241 Å². The first-order valence-electron chi connectivity index (χ1n) is 23.0. The quantitative estimate of drug-likeness (QED) is 0.166. The van der Waals surface area contributed by atoms with Gasteiger partial charge in [0.05, 0.1) is 5.41 Å². The minimum absolute atomic E-state index is 0.122. The van der Waals surface area contributed by atoms with Crippen molar-refractivity contribution in [1.29, 1.82) is 0 Å². The number of para-hydroxylation sites is 1. The topological polar surface area (TPSA) is 16.4 Å². The molecule has 1 heterocycles. The summed E-state index contributed by atoms with van der Waals surface area (Å²) >= 11 is 0. The molecule has 0 aliphatic heterocycles. The summed E-state index contributed by atoms with van der Waals surface area (Å²) in [6, 6.07) is 86.9. The summed E-state index contributed by atoms with van der Waals surface area (Å²) in [5.74, 6) is 0. The summed E-state index contributed by atoms with van der Waals surface area (Å²) in [4.78, 5) is 2.35. The maximum absolute atomic E-state index is 6.26. The van der Waals surface area contributed by atoms with E-state index in [-0.39, 0.29) is 5.41 Å². The third kappa shape index (κ3) is 5.68. The van der Waals surface area contributed by atoms with Crippen molar-refractivity contribution in [2.24, 2.45) is 0 Å². The smallest absolute Gasteiger partial charge is 0.136 e. The van der Waals surface area contributed by atoms with Gasteiger partial charge < -0.3 is 9.32 Å². The number of benzene rings is 10. The zero-order valence-electron chi connectivity index (χ0n) is 36.9. The van der Waals surface area contributed by atoms with E-state index < -0.39 is 5.41 Å². The SMILES string of the molecule is CC1(C)c2ccccc2C2(c3ccccc3-c3cc(-c4ccc(N(c5ccc(-c6ccccc6)cc5)c5ccc(-c6ccc7c(c6)oc6ccccc67)cc5)cc4)ccc32)c2ccccc21. The molecule has 2 aliphatic carbocycles. The van der Waals surface area contributed by atoms with E-state index in [9.17, 15) is 0 Å². The Morgan fingerprint density at radius 1 is 0.303 bits per heavy atom. The Morgan fingerprint density at radius 3 is 1.35 bits per heavy atom. The van der Waals surface area contributed by atoms with E-state index in [0.717, 1.165) is 50.1 Å². The van der Waals surface area contributed by atoms with E-state index in [1.807, 2.05) is 12.1 Å². The largest absolute Gasteiger partial charge is 0.456 e. The molecule has 1 spiro atoms. The first kappa shape index (κ1) is 38.3. The van der Waals surface area contributed by atoms with Gasteiger partial charge in [-0.05, 0) is 139 Å². The molecule has 0 atom stereocenters. The number of nitrogens with zero attached hydrogens (tertiary/aromatic N) is 1. The van der Waals surface area contributed by atoms with Crippen LogP contribution in [0, 0.1) is 0 Å². The first-order chi connectivity index (χ1) is 32.5. The number of fused-ring (bicyclic) bond motifs is 12. The Morgan fingerprint density at radius 2 is 0.727 bits per heavy atom. The second-order valence-corrected chi connectivity index (χ2v) is 18.4. The lowest BCUT2D eigenvalue weighted by Gasteiger charge is -2.46. The zero-order chi connectivity index (χ0) is 44.0. The third-order valence-corrected chi connectivity index (χ3v) is 14.6. The van der Waals surface area contributed by atoms with Crippen molar-refractivity contribution >= 4 is 39.0 Å². The molecule has 1 aromatic heterocycles. The molecule has 0 fully saturated rings. The summed E-state index contributed by atoms with van der Waals surface area (Å²) in [5, 5.41) is 2.28. The number of anilines is 3. The molecule has 0 saturated carbocycles. The fourth-order valence-electron chi connectivity index (χ4n) is 11.4. The molecule has 0 bridgehead atoms. The van der Waals surface area contributed by atoms with Gasteiger partial charge in [-0.25, -0.2) is 0 Å². The molecule has 10 aromatic carbocycles. The average molecular weight is 844 g/mol. The second kappa shape index (κ2) is 14.7. The molecule has 11 aromatic rings. The highest BCUT2D eigenvalue weighted by Crippen LogP contribution is 2.62. The number of hydrogen-bond acceptors (Lipinski definition) is 2. The van der Waals surface area contributed by atoms with Gasteiger partial charge in [0.25, 0.3) is 0 Å². The molecule has 0 unspecified atom stereocenters. The zero-order valence-corrected chi connectivity index (χ0v) is 36.9. The standard InChI is InChI=1S/C64H45NO/c1-63(2)57-19-9-11-21-59(57)64(60-22-12-10-20-58(60)63)55-18-8-6-16-51(55)54-40-46(31-39-56(54)64)44-26-34-49(35-27-44)65(48-32-24-43(25-33-48)42-14-4-3-5-15-42)50-36-28-45(29-37-50)47-30-38-53-52-17-7-13-23-61(52)66-62(53)41-47/h3-41H,1-2H3. The van der Waals surface area contributed by atoms with Gasteiger partial charge in [0.1, 0.15) is 11.2 Å². The van der Waals surface area contributed by atoms with Crippen LogP contribution in [-0.4, -0.2) is 0 Å². The molecule has 0 amide bonds. The van der Waals surface area contributed by atoms with Crippen LogP contribution in [0.5, 0.6) is 0 Å². The summed E-state index contributed by atoms with van der Waals surface area (Å²) in [5.41, 5.74) is 22.5. The van der Waals surface area contributed by atoms with Gasteiger partial charge in [-0.3, -0.25) is 0 Å². The van der Waals surface area contributed by atoms with E-state index in [1.54, 1.807) is 0 Å². The van der Waals surface area contributed by atoms with Gasteiger partial charge in [0.15, 0.2) is 0 Å². The Bertz CT molecular complexity index is 3600. The monoisotopic (exact) mass is 843 g/mol. The van der Waals surface area contributed by atoms with E-state index in [0.29, 0.717) is 0 Å². The van der Waals surface area contributed by atoms with Crippen molar-refractivity contribution < 1.29 is 4.42 Å². The number of furan rings is 1. The van der Waals surface area contributed by atoms with Gasteiger partial charge in [-0.1, -0.05) is 190 Å². The summed E-state index contributed by atoms with van der Waals surface area (Å²) in [6.07, 6.45) is 0. The van der Waals surface area contributed by atoms with Crippen LogP contribution in [0.3, 0.4) is 0 Å². The summed E-state index contributed by atoms with van der Waals surface area (Å²) in [7, 11) is 0. The molecule has 13 rings (SSSR count).